The largest absolute Gasteiger partial charge is 0.465 e. The molecule has 0 aromatic heterocycles. The van der Waals surface area contributed by atoms with Gasteiger partial charge in [-0.15, -0.1) is 0 Å². The number of carboxylic acid groups (broad SMARTS) is 1. The van der Waals surface area contributed by atoms with Gasteiger partial charge >= 0.3 is 6.09 Å². The quantitative estimate of drug-likeness (QED) is 0.562. The van der Waals surface area contributed by atoms with Gasteiger partial charge in [0, 0.05) is 12.6 Å². The Balaban J connectivity index is 1.67. The summed E-state index contributed by atoms with van der Waals surface area (Å²) in [5, 5.41) is 9.19. The first-order valence-electron chi connectivity index (χ1n) is 9.78. The molecular formula is C21H33NO2. The van der Waals surface area contributed by atoms with E-state index < -0.39 is 6.09 Å². The number of unbranched alkanes of at least 4 members (excludes halogenated alkanes) is 5. The smallest absolute Gasteiger partial charge is 0.407 e. The Labute approximate surface area is 147 Å². The standard InChI is InChI=1S/C21H33NO2/c1-2-3-4-5-6-7-9-18-11-13-19(14-12-18)15-16-20-10-8-17-22(20)21(23)24/h11-14,20H,2-10,15-17H2,1H3,(H,23,24). The minimum atomic E-state index is -0.758. The van der Waals surface area contributed by atoms with Crippen LogP contribution >= 0.6 is 0 Å². The molecule has 1 N–H and O–H groups in total. The van der Waals surface area contributed by atoms with E-state index in [0.717, 1.165) is 25.7 Å². The van der Waals surface area contributed by atoms with Gasteiger partial charge < -0.3 is 10.0 Å². The number of hydrogen-bond donors (Lipinski definition) is 1. The van der Waals surface area contributed by atoms with Gasteiger partial charge in [-0.1, -0.05) is 63.3 Å². The Morgan fingerprint density at radius 2 is 1.67 bits per heavy atom. The lowest BCUT2D eigenvalue weighted by atomic mass is 10.0. The number of amides is 1. The average Bonchev–Trinajstić information content (AvgIpc) is 3.06. The van der Waals surface area contributed by atoms with E-state index in [1.54, 1.807) is 4.90 Å². The van der Waals surface area contributed by atoms with Gasteiger partial charge in [0.2, 0.25) is 0 Å². The minimum Gasteiger partial charge on any atom is -0.465 e. The summed E-state index contributed by atoms with van der Waals surface area (Å²) < 4.78 is 0. The molecule has 1 saturated heterocycles. The molecule has 0 radical (unpaired) electrons. The molecule has 1 amide bonds. The van der Waals surface area contributed by atoms with Gasteiger partial charge in [0.15, 0.2) is 0 Å². The van der Waals surface area contributed by atoms with E-state index in [9.17, 15) is 9.90 Å². The van der Waals surface area contributed by atoms with Gasteiger partial charge in [-0.25, -0.2) is 4.79 Å². The summed E-state index contributed by atoms with van der Waals surface area (Å²) in [6, 6.07) is 9.18. The van der Waals surface area contributed by atoms with E-state index in [1.807, 2.05) is 0 Å². The maximum atomic E-state index is 11.2. The second-order valence-corrected chi connectivity index (χ2v) is 7.14. The van der Waals surface area contributed by atoms with Crippen LogP contribution in [0.4, 0.5) is 4.79 Å². The Bertz CT molecular complexity index is 483. The van der Waals surface area contributed by atoms with Crippen molar-refractivity contribution < 1.29 is 9.90 Å². The summed E-state index contributed by atoms with van der Waals surface area (Å²) in [7, 11) is 0. The molecular weight excluding hydrogens is 298 g/mol. The zero-order chi connectivity index (χ0) is 17.2. The van der Waals surface area contributed by atoms with Crippen molar-refractivity contribution in [1.29, 1.82) is 0 Å². The molecule has 1 unspecified atom stereocenters. The third-order valence-electron chi connectivity index (χ3n) is 5.23. The Hall–Kier alpha value is -1.51. The van der Waals surface area contributed by atoms with Crippen LogP contribution in [0.15, 0.2) is 24.3 Å². The molecule has 1 aromatic carbocycles. The van der Waals surface area contributed by atoms with E-state index in [-0.39, 0.29) is 6.04 Å². The summed E-state index contributed by atoms with van der Waals surface area (Å²) in [5.41, 5.74) is 2.77. The molecule has 1 atom stereocenters. The highest BCUT2D eigenvalue weighted by atomic mass is 16.4. The van der Waals surface area contributed by atoms with Crippen LogP contribution in [0.5, 0.6) is 0 Å². The van der Waals surface area contributed by atoms with Gasteiger partial charge in [-0.05, 0) is 49.7 Å². The first-order chi connectivity index (χ1) is 11.7. The van der Waals surface area contributed by atoms with E-state index in [1.165, 1.54) is 56.1 Å². The summed E-state index contributed by atoms with van der Waals surface area (Å²) in [4.78, 5) is 12.8. The summed E-state index contributed by atoms with van der Waals surface area (Å²) in [5.74, 6) is 0. The number of hydrogen-bond acceptors (Lipinski definition) is 1. The fraction of sp³-hybridized carbons (Fsp3) is 0.667. The van der Waals surface area contributed by atoms with Crippen molar-refractivity contribution in [2.45, 2.75) is 83.6 Å². The van der Waals surface area contributed by atoms with Gasteiger partial charge in [-0.3, -0.25) is 0 Å². The maximum Gasteiger partial charge on any atom is 0.407 e. The number of benzene rings is 1. The average molecular weight is 332 g/mol. The van der Waals surface area contributed by atoms with Crippen LogP contribution < -0.4 is 0 Å². The molecule has 2 rings (SSSR count). The predicted molar refractivity (Wildman–Crippen MR) is 99.6 cm³/mol. The zero-order valence-corrected chi connectivity index (χ0v) is 15.2. The van der Waals surface area contributed by atoms with Crippen LogP contribution in [-0.2, 0) is 12.8 Å². The van der Waals surface area contributed by atoms with Gasteiger partial charge in [-0.2, -0.15) is 0 Å². The first-order valence-corrected chi connectivity index (χ1v) is 9.78. The maximum absolute atomic E-state index is 11.2. The molecule has 1 aliphatic rings. The second kappa shape index (κ2) is 10.4. The Morgan fingerprint density at radius 1 is 1.04 bits per heavy atom. The molecule has 0 aliphatic carbocycles. The first kappa shape index (κ1) is 18.8. The molecule has 24 heavy (non-hydrogen) atoms. The van der Waals surface area contributed by atoms with Gasteiger partial charge in [0.1, 0.15) is 0 Å². The molecule has 3 heteroatoms. The molecule has 134 valence electrons. The summed E-state index contributed by atoms with van der Waals surface area (Å²) in [6.45, 7) is 2.96. The molecule has 1 fully saturated rings. The fourth-order valence-electron chi connectivity index (χ4n) is 3.70. The van der Waals surface area contributed by atoms with Crippen LogP contribution in [0.25, 0.3) is 0 Å². The highest BCUT2D eigenvalue weighted by molar-refractivity contribution is 5.65. The zero-order valence-electron chi connectivity index (χ0n) is 15.2. The number of likely N-dealkylation sites (tertiary alicyclic amines) is 1. The van der Waals surface area contributed by atoms with Crippen molar-refractivity contribution in [3.8, 4) is 0 Å². The molecule has 0 bridgehead atoms. The van der Waals surface area contributed by atoms with Crippen molar-refractivity contribution in [3.63, 3.8) is 0 Å². The lowest BCUT2D eigenvalue weighted by Crippen LogP contribution is -2.34. The number of nitrogens with zero attached hydrogens (tertiary/aromatic N) is 1. The lowest BCUT2D eigenvalue weighted by molar-refractivity contribution is 0.138. The monoisotopic (exact) mass is 331 g/mol. The molecule has 1 heterocycles. The summed E-state index contributed by atoms with van der Waals surface area (Å²) in [6.07, 6.45) is 12.4. The normalized spacial score (nSPS) is 17.4. The van der Waals surface area contributed by atoms with Crippen molar-refractivity contribution in [3.05, 3.63) is 35.4 Å². The van der Waals surface area contributed by atoms with Crippen LogP contribution in [0.2, 0.25) is 0 Å². The van der Waals surface area contributed by atoms with E-state index in [4.69, 9.17) is 0 Å². The molecule has 0 spiro atoms. The molecule has 1 aromatic rings. The van der Waals surface area contributed by atoms with E-state index >= 15 is 0 Å². The van der Waals surface area contributed by atoms with E-state index in [2.05, 4.69) is 31.2 Å². The highest BCUT2D eigenvalue weighted by Crippen LogP contribution is 2.22. The molecule has 3 nitrogen and oxygen atoms in total. The van der Waals surface area contributed by atoms with Crippen LogP contribution in [0.3, 0.4) is 0 Å². The SMILES string of the molecule is CCCCCCCCc1ccc(CCC2CCCN2C(=O)O)cc1. The number of rotatable bonds is 10. The van der Waals surface area contributed by atoms with Crippen molar-refractivity contribution >= 4 is 6.09 Å². The predicted octanol–water partition coefficient (Wildman–Crippen LogP) is 5.66. The number of aryl methyl sites for hydroxylation is 2. The Kier molecular flexibility index (Phi) is 8.14. The third-order valence-corrected chi connectivity index (χ3v) is 5.23. The van der Waals surface area contributed by atoms with Crippen molar-refractivity contribution in [1.82, 2.24) is 4.90 Å². The van der Waals surface area contributed by atoms with Crippen LogP contribution in [-0.4, -0.2) is 28.7 Å². The summed E-state index contributed by atoms with van der Waals surface area (Å²) >= 11 is 0. The molecule has 0 saturated carbocycles. The topological polar surface area (TPSA) is 40.5 Å². The molecule has 1 aliphatic heterocycles. The fourth-order valence-corrected chi connectivity index (χ4v) is 3.70. The van der Waals surface area contributed by atoms with E-state index in [0.29, 0.717) is 6.54 Å². The van der Waals surface area contributed by atoms with Crippen LogP contribution in [0, 0.1) is 0 Å². The van der Waals surface area contributed by atoms with Gasteiger partial charge in [0.25, 0.3) is 0 Å². The van der Waals surface area contributed by atoms with Crippen molar-refractivity contribution in [2.75, 3.05) is 6.54 Å². The number of carbonyl (C=O) groups is 1. The van der Waals surface area contributed by atoms with Crippen molar-refractivity contribution in [2.24, 2.45) is 0 Å². The highest BCUT2D eigenvalue weighted by Gasteiger charge is 2.27. The van der Waals surface area contributed by atoms with Crippen LogP contribution in [0.1, 0.15) is 75.8 Å². The van der Waals surface area contributed by atoms with Gasteiger partial charge in [0.05, 0.1) is 0 Å². The Morgan fingerprint density at radius 3 is 2.33 bits per heavy atom. The third kappa shape index (κ3) is 6.18. The lowest BCUT2D eigenvalue weighted by Gasteiger charge is -2.21. The minimum absolute atomic E-state index is 0.213. The second-order valence-electron chi connectivity index (χ2n) is 7.14.